The van der Waals surface area contributed by atoms with Crippen LogP contribution in [0.3, 0.4) is 0 Å². The van der Waals surface area contributed by atoms with Crippen LogP contribution in [0.2, 0.25) is 5.02 Å². The van der Waals surface area contributed by atoms with Gasteiger partial charge in [-0.05, 0) is 87.1 Å². The third-order valence-corrected chi connectivity index (χ3v) is 7.60. The molecule has 0 atom stereocenters. The quantitative estimate of drug-likeness (QED) is 0.271. The van der Waals surface area contributed by atoms with Crippen molar-refractivity contribution in [3.63, 3.8) is 0 Å². The predicted molar refractivity (Wildman–Crippen MR) is 155 cm³/mol. The molecule has 0 unspecified atom stereocenters. The van der Waals surface area contributed by atoms with Crippen molar-refractivity contribution in [2.24, 2.45) is 0 Å². The minimum atomic E-state index is -0.0423. The van der Waals surface area contributed by atoms with Gasteiger partial charge in [-0.3, -0.25) is 9.59 Å². The van der Waals surface area contributed by atoms with Gasteiger partial charge in [0.25, 0.3) is 5.56 Å². The molecule has 1 aromatic heterocycles. The summed E-state index contributed by atoms with van der Waals surface area (Å²) < 4.78 is 1.63. The van der Waals surface area contributed by atoms with Gasteiger partial charge in [0.05, 0.1) is 11.1 Å². The van der Waals surface area contributed by atoms with Crippen LogP contribution in [-0.2, 0) is 11.3 Å². The van der Waals surface area contributed by atoms with E-state index in [1.54, 1.807) is 4.68 Å². The van der Waals surface area contributed by atoms with Crippen molar-refractivity contribution in [1.82, 2.24) is 14.7 Å². The molecule has 2 heterocycles. The summed E-state index contributed by atoms with van der Waals surface area (Å²) in [6.45, 7) is 5.27. The number of piperidine rings is 1. The van der Waals surface area contributed by atoms with E-state index >= 15 is 0 Å². The van der Waals surface area contributed by atoms with E-state index in [-0.39, 0.29) is 11.5 Å². The van der Waals surface area contributed by atoms with Crippen LogP contribution in [0.25, 0.3) is 22.0 Å². The average molecular weight is 529 g/mol. The molecule has 0 radical (unpaired) electrons. The van der Waals surface area contributed by atoms with Crippen LogP contribution in [0.15, 0.2) is 77.6 Å². The number of carbonyl (C=O) groups is 1. The molecule has 5 rings (SSSR count). The smallest absolute Gasteiger partial charge is 0.274 e. The number of nitrogens with zero attached hydrogens (tertiary/aromatic N) is 3. The Morgan fingerprint density at radius 1 is 0.947 bits per heavy atom. The maximum absolute atomic E-state index is 13.2. The SMILES string of the molecule is CC(=O)Nc1cccc(C2CCN(CCCCn3nc(-c4ccc(Cl)cc4)c4ccccc4c3=O)CC2)c1. The Morgan fingerprint density at radius 3 is 2.39 bits per heavy atom. The Labute approximate surface area is 228 Å². The van der Waals surface area contributed by atoms with Gasteiger partial charge in [-0.2, -0.15) is 5.10 Å². The number of hydrogen-bond acceptors (Lipinski definition) is 4. The normalized spacial score (nSPS) is 14.6. The van der Waals surface area contributed by atoms with E-state index in [1.165, 1.54) is 12.5 Å². The van der Waals surface area contributed by atoms with Crippen molar-refractivity contribution in [2.45, 2.75) is 45.1 Å². The third-order valence-electron chi connectivity index (χ3n) is 7.35. The van der Waals surface area contributed by atoms with Crippen LogP contribution >= 0.6 is 11.6 Å². The number of nitrogens with one attached hydrogen (secondary N) is 1. The summed E-state index contributed by atoms with van der Waals surface area (Å²) >= 11 is 6.09. The molecule has 0 bridgehead atoms. The van der Waals surface area contributed by atoms with Gasteiger partial charge in [-0.1, -0.05) is 54.1 Å². The molecule has 1 fully saturated rings. The number of anilines is 1. The van der Waals surface area contributed by atoms with Gasteiger partial charge in [0.1, 0.15) is 0 Å². The summed E-state index contributed by atoms with van der Waals surface area (Å²) in [5.41, 5.74) is 3.88. The molecular weight excluding hydrogens is 496 g/mol. The minimum Gasteiger partial charge on any atom is -0.326 e. The highest BCUT2D eigenvalue weighted by Crippen LogP contribution is 2.30. The second kappa shape index (κ2) is 11.9. The van der Waals surface area contributed by atoms with E-state index < -0.39 is 0 Å². The summed E-state index contributed by atoms with van der Waals surface area (Å²) in [5, 5.41) is 9.89. The topological polar surface area (TPSA) is 67.2 Å². The first-order valence-electron chi connectivity index (χ1n) is 13.3. The lowest BCUT2D eigenvalue weighted by molar-refractivity contribution is -0.114. The monoisotopic (exact) mass is 528 g/mol. The van der Waals surface area contributed by atoms with E-state index in [9.17, 15) is 9.59 Å². The molecule has 0 spiro atoms. The summed E-state index contributed by atoms with van der Waals surface area (Å²) in [7, 11) is 0. The predicted octanol–water partition coefficient (Wildman–Crippen LogP) is 6.34. The first-order chi connectivity index (χ1) is 18.5. The maximum Gasteiger partial charge on any atom is 0.274 e. The molecule has 0 aliphatic carbocycles. The Hall–Kier alpha value is -3.48. The van der Waals surface area contributed by atoms with Gasteiger partial charge in [-0.15, -0.1) is 0 Å². The highest BCUT2D eigenvalue weighted by molar-refractivity contribution is 6.30. The van der Waals surface area contributed by atoms with Crippen LogP contribution in [-0.4, -0.2) is 40.2 Å². The molecule has 1 saturated heterocycles. The summed E-state index contributed by atoms with van der Waals surface area (Å²) in [6.07, 6.45) is 4.13. The fraction of sp³-hybridized carbons (Fsp3) is 0.323. The highest BCUT2D eigenvalue weighted by Gasteiger charge is 2.20. The maximum atomic E-state index is 13.2. The second-order valence-corrected chi connectivity index (χ2v) is 10.5. The van der Waals surface area contributed by atoms with Crippen molar-refractivity contribution in [2.75, 3.05) is 25.0 Å². The van der Waals surface area contributed by atoms with Crippen molar-refractivity contribution in [3.05, 3.63) is 93.7 Å². The van der Waals surface area contributed by atoms with Crippen LogP contribution in [0, 0.1) is 0 Å². The molecule has 1 amide bonds. The van der Waals surface area contributed by atoms with Crippen LogP contribution in [0.4, 0.5) is 5.69 Å². The summed E-state index contributed by atoms with van der Waals surface area (Å²) in [6, 6.07) is 23.5. The van der Waals surface area contributed by atoms with Crippen LogP contribution in [0.1, 0.15) is 44.1 Å². The molecule has 0 saturated carbocycles. The Balaban J connectivity index is 1.18. The lowest BCUT2D eigenvalue weighted by atomic mass is 9.89. The Bertz CT molecular complexity index is 1470. The van der Waals surface area contributed by atoms with E-state index in [0.29, 0.717) is 22.9 Å². The fourth-order valence-corrected chi connectivity index (χ4v) is 5.49. The summed E-state index contributed by atoms with van der Waals surface area (Å²) in [5.74, 6) is 0.478. The number of likely N-dealkylation sites (tertiary alicyclic amines) is 1. The zero-order valence-electron chi connectivity index (χ0n) is 21.7. The average Bonchev–Trinajstić information content (AvgIpc) is 2.93. The number of aryl methyl sites for hydroxylation is 1. The number of aromatic nitrogens is 2. The number of carbonyl (C=O) groups excluding carboxylic acids is 1. The number of amides is 1. The zero-order chi connectivity index (χ0) is 26.5. The van der Waals surface area contributed by atoms with Crippen molar-refractivity contribution in [3.8, 4) is 11.3 Å². The largest absolute Gasteiger partial charge is 0.326 e. The number of benzene rings is 3. The highest BCUT2D eigenvalue weighted by atomic mass is 35.5. The number of unbranched alkanes of at least 4 members (excludes halogenated alkanes) is 1. The third kappa shape index (κ3) is 6.14. The second-order valence-electron chi connectivity index (χ2n) is 10.1. The van der Waals surface area contributed by atoms with Gasteiger partial charge in [-0.25, -0.2) is 4.68 Å². The van der Waals surface area contributed by atoms with Gasteiger partial charge in [0, 0.05) is 35.1 Å². The van der Waals surface area contributed by atoms with Crippen molar-refractivity contribution >= 4 is 34.0 Å². The van der Waals surface area contributed by atoms with Crippen LogP contribution in [0.5, 0.6) is 0 Å². The fourth-order valence-electron chi connectivity index (χ4n) is 5.37. The molecule has 4 aromatic rings. The molecule has 1 N–H and O–H groups in total. The van der Waals surface area contributed by atoms with Gasteiger partial charge in [0.15, 0.2) is 0 Å². The number of rotatable bonds is 8. The molecule has 7 heteroatoms. The standard InChI is InChI=1S/C31H33ClN4O2/c1-22(37)33-27-8-6-7-25(21-27)23-15-19-35(20-16-23)17-4-5-18-36-31(38)29-10-3-2-9-28(29)30(34-36)24-11-13-26(32)14-12-24/h2-3,6-14,21,23H,4-5,15-20H2,1H3,(H,33,37). The van der Waals surface area contributed by atoms with Crippen molar-refractivity contribution < 1.29 is 4.79 Å². The van der Waals surface area contributed by atoms with E-state index in [0.717, 1.165) is 67.6 Å². The molecule has 196 valence electrons. The molecule has 1 aliphatic rings. The van der Waals surface area contributed by atoms with Crippen molar-refractivity contribution in [1.29, 1.82) is 0 Å². The Kier molecular flexibility index (Phi) is 8.20. The van der Waals surface area contributed by atoms with E-state index in [1.807, 2.05) is 60.7 Å². The molecule has 6 nitrogen and oxygen atoms in total. The van der Waals surface area contributed by atoms with Gasteiger partial charge in [0.2, 0.25) is 5.91 Å². The van der Waals surface area contributed by atoms with Gasteiger partial charge < -0.3 is 10.2 Å². The zero-order valence-corrected chi connectivity index (χ0v) is 22.5. The molecule has 1 aliphatic heterocycles. The van der Waals surface area contributed by atoms with E-state index in [4.69, 9.17) is 16.7 Å². The molecular formula is C31H33ClN4O2. The van der Waals surface area contributed by atoms with Gasteiger partial charge >= 0.3 is 0 Å². The number of hydrogen-bond donors (Lipinski definition) is 1. The molecule has 3 aromatic carbocycles. The first kappa shape index (κ1) is 26.1. The number of halogens is 1. The molecule has 38 heavy (non-hydrogen) atoms. The van der Waals surface area contributed by atoms with Crippen LogP contribution < -0.4 is 10.9 Å². The minimum absolute atomic E-state index is 0.0411. The lowest BCUT2D eigenvalue weighted by Crippen LogP contribution is -2.34. The lowest BCUT2D eigenvalue weighted by Gasteiger charge is -2.32. The number of fused-ring (bicyclic) bond motifs is 1. The first-order valence-corrected chi connectivity index (χ1v) is 13.7. The summed E-state index contributed by atoms with van der Waals surface area (Å²) in [4.78, 5) is 27.1. The Morgan fingerprint density at radius 2 is 1.66 bits per heavy atom. The van der Waals surface area contributed by atoms with E-state index in [2.05, 4.69) is 22.3 Å².